The van der Waals surface area contributed by atoms with Crippen LogP contribution in [-0.4, -0.2) is 38.2 Å². The third-order valence-electron chi connectivity index (χ3n) is 6.56. The summed E-state index contributed by atoms with van der Waals surface area (Å²) in [5.41, 5.74) is 3.37. The number of anilines is 1. The third-order valence-corrected chi connectivity index (χ3v) is 8.11. The number of rotatable bonds is 10. The molecule has 2 N–H and O–H groups in total. The number of hydrogen-bond acceptors (Lipinski definition) is 4. The van der Waals surface area contributed by atoms with Gasteiger partial charge in [0.2, 0.25) is 21.8 Å². The summed E-state index contributed by atoms with van der Waals surface area (Å²) in [5, 5.41) is 2.88. The molecule has 3 aromatic rings. The van der Waals surface area contributed by atoms with Crippen molar-refractivity contribution >= 4 is 27.5 Å². The van der Waals surface area contributed by atoms with Crippen LogP contribution in [-0.2, 0) is 32.5 Å². The summed E-state index contributed by atoms with van der Waals surface area (Å²) in [4.78, 5) is 26.8. The quantitative estimate of drug-likeness (QED) is 0.413. The van der Waals surface area contributed by atoms with Crippen LogP contribution in [0.25, 0.3) is 0 Å². The summed E-state index contributed by atoms with van der Waals surface area (Å²) < 4.78 is 28.2. The van der Waals surface area contributed by atoms with Crippen molar-refractivity contribution in [2.75, 3.05) is 18.4 Å². The predicted octanol–water partition coefficient (Wildman–Crippen LogP) is 4.46. The van der Waals surface area contributed by atoms with Crippen LogP contribution >= 0.6 is 0 Å². The molecule has 1 atom stereocenters. The molecule has 1 saturated heterocycles. The molecular formula is C29H33N3O4S. The average molecular weight is 520 g/mol. The summed E-state index contributed by atoms with van der Waals surface area (Å²) >= 11 is 0. The van der Waals surface area contributed by atoms with E-state index in [0.717, 1.165) is 42.6 Å². The Morgan fingerprint density at radius 1 is 0.865 bits per heavy atom. The number of benzene rings is 3. The number of likely N-dealkylation sites (tertiary alicyclic amines) is 1. The molecule has 1 heterocycles. The summed E-state index contributed by atoms with van der Waals surface area (Å²) in [7, 11) is -3.67. The van der Waals surface area contributed by atoms with Gasteiger partial charge in [-0.15, -0.1) is 0 Å². The topological polar surface area (TPSA) is 95.6 Å². The van der Waals surface area contributed by atoms with E-state index in [1.54, 1.807) is 24.3 Å². The molecule has 7 nitrogen and oxygen atoms in total. The van der Waals surface area contributed by atoms with Crippen molar-refractivity contribution in [2.24, 2.45) is 0 Å². The molecule has 0 unspecified atom stereocenters. The minimum atomic E-state index is -3.67. The van der Waals surface area contributed by atoms with Gasteiger partial charge < -0.3 is 10.2 Å². The number of hydrogen-bond donors (Lipinski definition) is 2. The molecule has 1 fully saturated rings. The number of aryl methyl sites for hydroxylation is 1. The number of carbonyl (C=O) groups is 2. The summed E-state index contributed by atoms with van der Waals surface area (Å²) in [6.45, 7) is 3.49. The molecule has 0 radical (unpaired) electrons. The monoisotopic (exact) mass is 519 g/mol. The van der Waals surface area contributed by atoms with Crippen LogP contribution in [0.1, 0.15) is 48.9 Å². The van der Waals surface area contributed by atoms with E-state index in [-0.39, 0.29) is 29.2 Å². The fourth-order valence-electron chi connectivity index (χ4n) is 4.39. The molecule has 2 amide bonds. The Labute approximate surface area is 218 Å². The molecule has 4 rings (SSSR count). The molecule has 0 saturated carbocycles. The molecule has 1 aliphatic heterocycles. The lowest BCUT2D eigenvalue weighted by Gasteiger charge is -2.15. The Morgan fingerprint density at radius 2 is 1.49 bits per heavy atom. The van der Waals surface area contributed by atoms with Crippen LogP contribution in [0.2, 0.25) is 0 Å². The highest BCUT2D eigenvalue weighted by Crippen LogP contribution is 2.18. The highest BCUT2D eigenvalue weighted by Gasteiger charge is 2.19. The van der Waals surface area contributed by atoms with Crippen LogP contribution in [0.15, 0.2) is 83.8 Å². The zero-order valence-electron chi connectivity index (χ0n) is 21.0. The van der Waals surface area contributed by atoms with Crippen molar-refractivity contribution in [2.45, 2.75) is 50.0 Å². The van der Waals surface area contributed by atoms with Crippen LogP contribution in [0, 0.1) is 0 Å². The maximum Gasteiger partial charge on any atom is 0.241 e. The van der Waals surface area contributed by atoms with E-state index in [4.69, 9.17) is 0 Å². The fraction of sp³-hybridized carbons (Fsp3) is 0.310. The van der Waals surface area contributed by atoms with E-state index in [1.165, 1.54) is 0 Å². The first-order chi connectivity index (χ1) is 17.8. The summed E-state index contributed by atoms with van der Waals surface area (Å²) in [6.07, 6.45) is 3.28. The van der Waals surface area contributed by atoms with Crippen molar-refractivity contribution in [3.63, 3.8) is 0 Å². The Balaban J connectivity index is 1.24. The molecule has 0 spiro atoms. The number of nitrogens with zero attached hydrogens (tertiary/aromatic N) is 1. The largest absolute Gasteiger partial charge is 0.342 e. The maximum absolute atomic E-state index is 12.7. The van der Waals surface area contributed by atoms with Gasteiger partial charge in [0, 0.05) is 31.2 Å². The van der Waals surface area contributed by atoms with Gasteiger partial charge in [0.05, 0.1) is 11.3 Å². The average Bonchev–Trinajstić information content (AvgIpc) is 3.45. The molecule has 3 aromatic carbocycles. The Morgan fingerprint density at radius 3 is 2.14 bits per heavy atom. The van der Waals surface area contributed by atoms with E-state index in [9.17, 15) is 18.0 Å². The van der Waals surface area contributed by atoms with Crippen molar-refractivity contribution < 1.29 is 18.0 Å². The molecule has 0 bridgehead atoms. The lowest BCUT2D eigenvalue weighted by molar-refractivity contribution is -0.129. The van der Waals surface area contributed by atoms with Gasteiger partial charge in [-0.1, -0.05) is 54.6 Å². The second-order valence-corrected chi connectivity index (χ2v) is 11.1. The third kappa shape index (κ3) is 7.50. The van der Waals surface area contributed by atoms with Gasteiger partial charge in [0.1, 0.15) is 0 Å². The van der Waals surface area contributed by atoms with Gasteiger partial charge in [-0.25, -0.2) is 13.1 Å². The molecule has 37 heavy (non-hydrogen) atoms. The Kier molecular flexibility index (Phi) is 8.74. The minimum absolute atomic E-state index is 0.129. The summed E-state index contributed by atoms with van der Waals surface area (Å²) in [5.74, 6) is 0.0190. The van der Waals surface area contributed by atoms with Crippen molar-refractivity contribution in [1.82, 2.24) is 9.62 Å². The van der Waals surface area contributed by atoms with Crippen LogP contribution < -0.4 is 10.0 Å². The van der Waals surface area contributed by atoms with Crippen molar-refractivity contribution in [1.29, 1.82) is 0 Å². The Hall–Kier alpha value is -3.49. The van der Waals surface area contributed by atoms with Crippen molar-refractivity contribution in [3.8, 4) is 0 Å². The van der Waals surface area contributed by atoms with E-state index < -0.39 is 10.0 Å². The smallest absolute Gasteiger partial charge is 0.241 e. The molecular weight excluding hydrogens is 486 g/mol. The zero-order chi connectivity index (χ0) is 26.3. The van der Waals surface area contributed by atoms with Gasteiger partial charge in [0.15, 0.2) is 0 Å². The van der Waals surface area contributed by atoms with Gasteiger partial charge in [-0.2, -0.15) is 0 Å². The first kappa shape index (κ1) is 26.6. The molecule has 8 heteroatoms. The lowest BCUT2D eigenvalue weighted by Crippen LogP contribution is -2.29. The van der Waals surface area contributed by atoms with Gasteiger partial charge >= 0.3 is 0 Å². The SMILES string of the molecule is C[C@@H](NS(=O)(=O)c1ccc(CCC(=O)Nc2ccc(CC(=O)N3CCCC3)cc2)cc1)c1ccccc1. The number of sulfonamides is 1. The fourth-order valence-corrected chi connectivity index (χ4v) is 5.62. The number of amides is 2. The molecule has 194 valence electrons. The highest BCUT2D eigenvalue weighted by atomic mass is 32.2. The number of carbonyl (C=O) groups excluding carboxylic acids is 2. The van der Waals surface area contributed by atoms with Gasteiger partial charge in [-0.3, -0.25) is 9.59 Å². The molecule has 0 aromatic heterocycles. The van der Waals surface area contributed by atoms with E-state index in [1.807, 2.05) is 66.4 Å². The van der Waals surface area contributed by atoms with Crippen LogP contribution in [0.3, 0.4) is 0 Å². The molecule has 1 aliphatic rings. The van der Waals surface area contributed by atoms with Gasteiger partial charge in [-0.05, 0) is 67.1 Å². The van der Waals surface area contributed by atoms with Crippen LogP contribution in [0.4, 0.5) is 5.69 Å². The Bertz CT molecular complexity index is 1300. The highest BCUT2D eigenvalue weighted by molar-refractivity contribution is 7.89. The summed E-state index contributed by atoms with van der Waals surface area (Å²) in [6, 6.07) is 23.0. The van der Waals surface area contributed by atoms with Crippen LogP contribution in [0.5, 0.6) is 0 Å². The van der Waals surface area contributed by atoms with E-state index >= 15 is 0 Å². The first-order valence-corrected chi connectivity index (χ1v) is 14.1. The molecule has 0 aliphatic carbocycles. The zero-order valence-corrected chi connectivity index (χ0v) is 21.8. The standard InChI is InChI=1S/C29H33N3O4S/c1-22(25-7-3-2-4-8-25)31-37(35,36)27-16-11-23(12-17-27)13-18-28(33)30-26-14-9-24(10-15-26)21-29(34)32-19-5-6-20-32/h2-4,7-12,14-17,22,31H,5-6,13,18-21H2,1H3,(H,30,33)/t22-/m1/s1. The van der Waals surface area contributed by atoms with Gasteiger partial charge in [0.25, 0.3) is 0 Å². The second kappa shape index (κ2) is 12.2. The lowest BCUT2D eigenvalue weighted by atomic mass is 10.1. The normalized spacial score (nSPS) is 14.4. The maximum atomic E-state index is 12.7. The second-order valence-electron chi connectivity index (χ2n) is 9.41. The van der Waals surface area contributed by atoms with E-state index in [2.05, 4.69) is 10.0 Å². The first-order valence-electron chi connectivity index (χ1n) is 12.6. The predicted molar refractivity (Wildman–Crippen MR) is 145 cm³/mol. The van der Waals surface area contributed by atoms with E-state index in [0.29, 0.717) is 18.5 Å². The van der Waals surface area contributed by atoms with Crippen molar-refractivity contribution in [3.05, 3.63) is 95.6 Å². The minimum Gasteiger partial charge on any atom is -0.342 e. The number of nitrogens with one attached hydrogen (secondary N) is 2.